The Morgan fingerprint density at radius 2 is 1.82 bits per heavy atom. The average Bonchev–Trinajstić information content (AvgIpc) is 2.94. The number of carboxylic acid groups (broad SMARTS) is 1. The second kappa shape index (κ2) is 6.09. The van der Waals surface area contributed by atoms with Crippen LogP contribution in [0.25, 0.3) is 0 Å². The van der Waals surface area contributed by atoms with Crippen molar-refractivity contribution in [3.05, 3.63) is 58.1 Å². The van der Waals surface area contributed by atoms with E-state index in [1.54, 1.807) is 19.2 Å². The van der Waals surface area contributed by atoms with Crippen LogP contribution in [0, 0.1) is 0 Å². The number of benzene rings is 2. The van der Waals surface area contributed by atoms with Gasteiger partial charge in [-0.3, -0.25) is 4.99 Å². The summed E-state index contributed by atoms with van der Waals surface area (Å²) in [6.45, 7) is 8.37. The van der Waals surface area contributed by atoms with E-state index >= 15 is 0 Å². The van der Waals surface area contributed by atoms with Gasteiger partial charge in [-0.25, -0.2) is 4.79 Å². The first-order valence-electron chi connectivity index (χ1n) is 9.46. The normalized spacial score (nSPS) is 18.5. The van der Waals surface area contributed by atoms with Crippen molar-refractivity contribution in [2.45, 2.75) is 51.7 Å². The number of nitrogens with zero attached hydrogens (tertiary/aromatic N) is 1. The molecule has 2 heterocycles. The number of ether oxygens (including phenoxy) is 2. The van der Waals surface area contributed by atoms with Gasteiger partial charge >= 0.3 is 5.97 Å². The van der Waals surface area contributed by atoms with Crippen molar-refractivity contribution in [2.24, 2.45) is 4.99 Å². The second-order valence-corrected chi connectivity index (χ2v) is 8.79. The molecule has 5 heteroatoms. The van der Waals surface area contributed by atoms with Gasteiger partial charge in [0, 0.05) is 23.1 Å². The number of methoxy groups -OCH3 is 1. The molecule has 0 aromatic heterocycles. The van der Waals surface area contributed by atoms with Gasteiger partial charge in [0.05, 0.1) is 23.9 Å². The van der Waals surface area contributed by atoms with Crippen LogP contribution in [0.5, 0.6) is 11.5 Å². The summed E-state index contributed by atoms with van der Waals surface area (Å²) in [5, 5.41) is 9.21. The van der Waals surface area contributed by atoms with Crippen LogP contribution in [-0.2, 0) is 12.8 Å². The number of fused-ring (bicyclic) bond motifs is 3. The number of carboxylic acids is 1. The summed E-state index contributed by atoms with van der Waals surface area (Å²) in [7, 11) is 1.67. The SMILES string of the molecule is COc1cc2c(c3c1OC(C)(C)C3)C(c1ccc(C(=O)O)cc1)=NC(C)(C)C2. The monoisotopic (exact) mass is 379 g/mol. The van der Waals surface area contributed by atoms with Crippen molar-refractivity contribution in [3.63, 3.8) is 0 Å². The molecule has 5 nitrogen and oxygen atoms in total. The average molecular weight is 379 g/mol. The van der Waals surface area contributed by atoms with Crippen LogP contribution in [-0.4, -0.2) is 35.0 Å². The lowest BCUT2D eigenvalue weighted by atomic mass is 9.81. The fraction of sp³-hybridized carbons (Fsp3) is 0.391. The summed E-state index contributed by atoms with van der Waals surface area (Å²) < 4.78 is 11.8. The van der Waals surface area contributed by atoms with Crippen molar-refractivity contribution in [1.29, 1.82) is 0 Å². The van der Waals surface area contributed by atoms with Crippen molar-refractivity contribution < 1.29 is 19.4 Å². The molecule has 0 amide bonds. The van der Waals surface area contributed by atoms with E-state index in [0.29, 0.717) is 0 Å². The molecule has 146 valence electrons. The van der Waals surface area contributed by atoms with Crippen LogP contribution < -0.4 is 9.47 Å². The predicted molar refractivity (Wildman–Crippen MR) is 108 cm³/mol. The summed E-state index contributed by atoms with van der Waals surface area (Å²) in [6, 6.07) is 9.00. The third kappa shape index (κ3) is 3.05. The minimum atomic E-state index is -0.932. The van der Waals surface area contributed by atoms with E-state index in [4.69, 9.17) is 14.5 Å². The van der Waals surface area contributed by atoms with Crippen molar-refractivity contribution in [1.82, 2.24) is 0 Å². The van der Waals surface area contributed by atoms with E-state index < -0.39 is 5.97 Å². The van der Waals surface area contributed by atoms with Crippen LogP contribution in [0.1, 0.15) is 60.3 Å². The third-order valence-electron chi connectivity index (χ3n) is 5.31. The molecular formula is C23H25NO4. The predicted octanol–water partition coefficient (Wildman–Crippen LogP) is 4.28. The number of rotatable bonds is 3. The summed E-state index contributed by atoms with van der Waals surface area (Å²) in [5.41, 5.74) is 4.91. The number of hydrogen-bond acceptors (Lipinski definition) is 4. The molecule has 4 rings (SSSR count). The molecule has 0 radical (unpaired) electrons. The van der Waals surface area contributed by atoms with Crippen molar-refractivity contribution in [2.75, 3.05) is 7.11 Å². The van der Waals surface area contributed by atoms with Gasteiger partial charge in [-0.05, 0) is 57.9 Å². The molecule has 0 saturated heterocycles. The lowest BCUT2D eigenvalue weighted by Crippen LogP contribution is -2.30. The summed E-state index contributed by atoms with van der Waals surface area (Å²) in [5.74, 6) is 0.622. The smallest absolute Gasteiger partial charge is 0.335 e. The molecule has 0 aliphatic carbocycles. The zero-order valence-corrected chi connectivity index (χ0v) is 16.9. The van der Waals surface area contributed by atoms with Gasteiger partial charge in [-0.15, -0.1) is 0 Å². The molecule has 1 N–H and O–H groups in total. The molecule has 2 aliphatic rings. The van der Waals surface area contributed by atoms with Gasteiger partial charge in [0.15, 0.2) is 11.5 Å². The van der Waals surface area contributed by atoms with Crippen LogP contribution >= 0.6 is 0 Å². The van der Waals surface area contributed by atoms with Gasteiger partial charge in [0.25, 0.3) is 0 Å². The van der Waals surface area contributed by atoms with E-state index in [-0.39, 0.29) is 16.7 Å². The molecule has 0 unspecified atom stereocenters. The van der Waals surface area contributed by atoms with Crippen molar-refractivity contribution in [3.8, 4) is 11.5 Å². The largest absolute Gasteiger partial charge is 0.493 e. The topological polar surface area (TPSA) is 68.1 Å². The van der Waals surface area contributed by atoms with Crippen LogP contribution in [0.4, 0.5) is 0 Å². The third-order valence-corrected chi connectivity index (χ3v) is 5.31. The summed E-state index contributed by atoms with van der Waals surface area (Å²) in [4.78, 5) is 16.3. The van der Waals surface area contributed by atoms with Crippen LogP contribution in [0.3, 0.4) is 0 Å². The lowest BCUT2D eigenvalue weighted by molar-refractivity contribution is 0.0697. The maximum atomic E-state index is 11.2. The van der Waals surface area contributed by atoms with Crippen molar-refractivity contribution >= 4 is 11.7 Å². The first kappa shape index (κ1) is 18.5. The number of aliphatic imine (C=N–C) groups is 1. The molecule has 0 bridgehead atoms. The molecule has 2 aromatic rings. The number of hydrogen-bond donors (Lipinski definition) is 1. The Kier molecular flexibility index (Phi) is 4.03. The Morgan fingerprint density at radius 3 is 2.43 bits per heavy atom. The fourth-order valence-electron chi connectivity index (χ4n) is 4.20. The molecule has 0 saturated carbocycles. The highest BCUT2D eigenvalue weighted by Crippen LogP contribution is 2.47. The Hall–Kier alpha value is -2.82. The molecule has 0 atom stereocenters. The van der Waals surface area contributed by atoms with Gasteiger partial charge in [-0.2, -0.15) is 0 Å². The first-order chi connectivity index (χ1) is 13.1. The fourth-order valence-corrected chi connectivity index (χ4v) is 4.20. The minimum absolute atomic E-state index is 0.262. The quantitative estimate of drug-likeness (QED) is 0.864. The van der Waals surface area contributed by atoms with Crippen LogP contribution in [0.15, 0.2) is 35.3 Å². The Labute approximate surface area is 165 Å². The van der Waals surface area contributed by atoms with E-state index in [2.05, 4.69) is 33.8 Å². The number of aromatic carboxylic acids is 1. The Bertz CT molecular complexity index is 1000. The molecule has 2 aromatic carbocycles. The van der Waals surface area contributed by atoms with E-state index in [0.717, 1.165) is 46.7 Å². The standard InChI is InChI=1S/C23H25NO4/c1-22(2)11-15-10-17(27-5)20-16(12-23(3,4)28-20)18(15)19(24-22)13-6-8-14(9-7-13)21(25)26/h6-10H,11-12H2,1-5H3,(H,25,26). The Morgan fingerprint density at radius 1 is 1.14 bits per heavy atom. The Balaban J connectivity index is 1.94. The highest BCUT2D eigenvalue weighted by atomic mass is 16.5. The maximum Gasteiger partial charge on any atom is 0.335 e. The molecule has 0 fully saturated rings. The first-order valence-corrected chi connectivity index (χ1v) is 9.46. The zero-order valence-electron chi connectivity index (χ0n) is 16.9. The lowest BCUT2D eigenvalue weighted by Gasteiger charge is -2.31. The van der Waals surface area contributed by atoms with E-state index in [1.807, 2.05) is 12.1 Å². The van der Waals surface area contributed by atoms with Gasteiger partial charge < -0.3 is 14.6 Å². The van der Waals surface area contributed by atoms with Gasteiger partial charge in [0.2, 0.25) is 0 Å². The van der Waals surface area contributed by atoms with Crippen LogP contribution in [0.2, 0.25) is 0 Å². The maximum absolute atomic E-state index is 11.2. The van der Waals surface area contributed by atoms with Gasteiger partial charge in [-0.1, -0.05) is 12.1 Å². The molecule has 28 heavy (non-hydrogen) atoms. The highest BCUT2D eigenvalue weighted by Gasteiger charge is 2.39. The zero-order chi connectivity index (χ0) is 20.3. The highest BCUT2D eigenvalue weighted by molar-refractivity contribution is 6.16. The minimum Gasteiger partial charge on any atom is -0.493 e. The number of carbonyl (C=O) groups is 1. The summed E-state index contributed by atoms with van der Waals surface area (Å²) >= 11 is 0. The van der Waals surface area contributed by atoms with E-state index in [1.165, 1.54) is 5.56 Å². The molecule has 2 aliphatic heterocycles. The second-order valence-electron chi connectivity index (χ2n) is 8.79. The van der Waals surface area contributed by atoms with Gasteiger partial charge in [0.1, 0.15) is 5.60 Å². The van der Waals surface area contributed by atoms with E-state index in [9.17, 15) is 9.90 Å². The summed E-state index contributed by atoms with van der Waals surface area (Å²) in [6.07, 6.45) is 1.58. The molecular weight excluding hydrogens is 354 g/mol. The molecule has 0 spiro atoms.